The first-order valence-corrected chi connectivity index (χ1v) is 16.9. The quantitative estimate of drug-likeness (QED) is 0.118. The Labute approximate surface area is 291 Å². The third-order valence-corrected chi connectivity index (χ3v) is 9.99. The van der Waals surface area contributed by atoms with Gasteiger partial charge in [0.15, 0.2) is 0 Å². The van der Waals surface area contributed by atoms with Crippen molar-refractivity contribution >= 4 is 75.3 Å². The fourth-order valence-corrected chi connectivity index (χ4v) is 6.65. The van der Waals surface area contributed by atoms with E-state index < -0.39 is 0 Å². The average Bonchev–Trinajstić information content (AvgIpc) is 3.80. The number of rotatable bonds is 5. The van der Waals surface area contributed by atoms with Crippen molar-refractivity contribution in [2.75, 3.05) is 12.5 Å². The first-order chi connectivity index (χ1) is 20.1. The van der Waals surface area contributed by atoms with Crippen molar-refractivity contribution in [2.45, 2.75) is 44.6 Å². The Morgan fingerprint density at radius 2 is 0.884 bits per heavy atom. The molecular weight excluding hydrogens is 831 g/mol. The zero-order valence-corrected chi connectivity index (χ0v) is 31.1. The summed E-state index contributed by atoms with van der Waals surface area (Å²) in [6.45, 7) is 9.29. The minimum Gasteiger partial charge on any atom is -0.508 e. The molecule has 0 radical (unpaired) electrons. The molecule has 0 spiro atoms. The van der Waals surface area contributed by atoms with Gasteiger partial charge in [0, 0.05) is 10.8 Å². The predicted molar refractivity (Wildman–Crippen MR) is 188 cm³/mol. The number of alkyl halides is 1. The monoisotopic (exact) mass is 860 g/mol. The molecule has 4 aromatic carbocycles. The highest BCUT2D eigenvalue weighted by Gasteiger charge is 2.27. The van der Waals surface area contributed by atoms with Crippen LogP contribution in [0.5, 0.6) is 23.0 Å². The van der Waals surface area contributed by atoms with Crippen LogP contribution >= 0.6 is 75.3 Å². The van der Waals surface area contributed by atoms with E-state index in [4.69, 9.17) is 16.3 Å². The van der Waals surface area contributed by atoms with Gasteiger partial charge in [0.1, 0.15) is 23.0 Å². The Hall–Kier alpha value is -1.75. The zero-order valence-electron chi connectivity index (χ0n) is 24.0. The first-order valence-electron chi connectivity index (χ1n) is 13.2. The van der Waals surface area contributed by atoms with Crippen LogP contribution in [0.3, 0.4) is 0 Å². The standard InChI is InChI=1S/C15H12Br4O2.C15H16O2.C3H5ClO/c1-15(2,7-3-9(16)13(20)10(17)4-7)8-5-11(18)14(21)12(19)6-8;1-15(2,11-3-7-13(16)8-4-11)12-5-9-14(17)10-6-12;4-1-3-2-5-3/h3-6,20-21H,1-2H3;3-10,16-17H,1-2H3;3H,1-2H2. The van der Waals surface area contributed by atoms with E-state index in [9.17, 15) is 20.4 Å². The Balaban J connectivity index is 0.000000205. The number of phenols is 4. The number of ether oxygens (including phenoxy) is 1. The molecule has 0 bridgehead atoms. The maximum absolute atomic E-state index is 9.85. The number of hydrogen-bond donors (Lipinski definition) is 4. The smallest absolute Gasteiger partial charge is 0.143 e. The molecule has 1 aliphatic rings. The molecule has 0 aliphatic carbocycles. The summed E-state index contributed by atoms with van der Waals surface area (Å²) >= 11 is 18.7. The summed E-state index contributed by atoms with van der Waals surface area (Å²) in [6, 6.07) is 22.0. The second-order valence-electron chi connectivity index (χ2n) is 11.0. The van der Waals surface area contributed by atoms with Crippen molar-refractivity contribution in [3.05, 3.63) is 113 Å². The fourth-order valence-electron chi connectivity index (χ4n) is 4.10. The molecule has 5 nitrogen and oxygen atoms in total. The molecule has 1 aliphatic heterocycles. The summed E-state index contributed by atoms with van der Waals surface area (Å²) in [6.07, 6.45) is 0.400. The van der Waals surface area contributed by atoms with E-state index in [-0.39, 0.29) is 33.8 Å². The van der Waals surface area contributed by atoms with Gasteiger partial charge in [0.05, 0.1) is 36.5 Å². The minimum atomic E-state index is -0.308. The van der Waals surface area contributed by atoms with Crippen molar-refractivity contribution in [2.24, 2.45) is 0 Å². The predicted octanol–water partition coefficient (Wildman–Crippen LogP) is 10.5. The lowest BCUT2D eigenvalue weighted by Gasteiger charge is -2.27. The molecule has 10 heteroatoms. The van der Waals surface area contributed by atoms with E-state index in [1.54, 1.807) is 24.3 Å². The number of aromatic hydroxyl groups is 4. The highest BCUT2D eigenvalue weighted by Crippen LogP contribution is 2.43. The van der Waals surface area contributed by atoms with E-state index in [2.05, 4.69) is 91.4 Å². The van der Waals surface area contributed by atoms with Crippen LogP contribution in [-0.2, 0) is 15.6 Å². The number of epoxide rings is 1. The lowest BCUT2D eigenvalue weighted by Crippen LogP contribution is -2.19. The van der Waals surface area contributed by atoms with Gasteiger partial charge in [0.25, 0.3) is 0 Å². The summed E-state index contributed by atoms with van der Waals surface area (Å²) in [7, 11) is 0. The zero-order chi connectivity index (χ0) is 32.1. The largest absolute Gasteiger partial charge is 0.508 e. The SMILES string of the molecule is CC(C)(c1cc(Br)c(O)c(Br)c1)c1cc(Br)c(O)c(Br)c1.CC(C)(c1ccc(O)cc1)c1ccc(O)cc1.ClCC1CO1. The van der Waals surface area contributed by atoms with Crippen molar-refractivity contribution in [3.63, 3.8) is 0 Å². The molecule has 1 unspecified atom stereocenters. The Kier molecular flexibility index (Phi) is 12.5. The first kappa shape index (κ1) is 35.7. The normalized spacial score (nSPS) is 14.2. The Morgan fingerprint density at radius 1 is 0.605 bits per heavy atom. The highest BCUT2D eigenvalue weighted by molar-refractivity contribution is 9.11. The van der Waals surface area contributed by atoms with Crippen molar-refractivity contribution in [1.29, 1.82) is 0 Å². The third kappa shape index (κ3) is 9.38. The summed E-state index contributed by atoms with van der Waals surface area (Å²) in [5.74, 6) is 1.58. The molecule has 0 saturated carbocycles. The molecule has 1 fully saturated rings. The second-order valence-corrected chi connectivity index (χ2v) is 14.8. The van der Waals surface area contributed by atoms with E-state index >= 15 is 0 Å². The molecule has 1 heterocycles. The molecule has 1 saturated heterocycles. The molecule has 1 atom stereocenters. The molecule has 4 aromatic rings. The van der Waals surface area contributed by atoms with E-state index in [1.165, 1.54) is 0 Å². The summed E-state index contributed by atoms with van der Waals surface area (Å²) in [5, 5.41) is 38.3. The van der Waals surface area contributed by atoms with Crippen LogP contribution in [0.4, 0.5) is 0 Å². The lowest BCUT2D eigenvalue weighted by molar-refractivity contribution is 0.425. The van der Waals surface area contributed by atoms with Gasteiger partial charge in [-0.1, -0.05) is 52.0 Å². The van der Waals surface area contributed by atoms with E-state index in [0.717, 1.165) is 28.9 Å². The maximum atomic E-state index is 9.85. The highest BCUT2D eigenvalue weighted by atomic mass is 79.9. The van der Waals surface area contributed by atoms with Crippen LogP contribution in [0.15, 0.2) is 90.7 Å². The molecule has 0 amide bonds. The van der Waals surface area contributed by atoms with Crippen molar-refractivity contribution in [3.8, 4) is 23.0 Å². The van der Waals surface area contributed by atoms with Gasteiger partial charge in [-0.25, -0.2) is 0 Å². The molecule has 43 heavy (non-hydrogen) atoms. The Morgan fingerprint density at radius 3 is 1.12 bits per heavy atom. The van der Waals surface area contributed by atoms with Crippen LogP contribution in [0, 0.1) is 0 Å². The van der Waals surface area contributed by atoms with Gasteiger partial charge in [-0.3, -0.25) is 0 Å². The van der Waals surface area contributed by atoms with Gasteiger partial charge in [-0.05, 0) is 135 Å². The number of benzene rings is 4. The van der Waals surface area contributed by atoms with E-state index in [0.29, 0.717) is 29.9 Å². The molecule has 0 aromatic heterocycles. The number of phenolic OH excluding ortho intramolecular Hbond substituents is 4. The van der Waals surface area contributed by atoms with Crippen molar-refractivity contribution in [1.82, 2.24) is 0 Å². The van der Waals surface area contributed by atoms with Crippen LogP contribution in [0.25, 0.3) is 0 Å². The lowest BCUT2D eigenvalue weighted by atomic mass is 9.78. The van der Waals surface area contributed by atoms with Crippen LogP contribution < -0.4 is 0 Å². The molecular formula is C33H33Br4ClO5. The fraction of sp³-hybridized carbons (Fsp3) is 0.273. The van der Waals surface area contributed by atoms with Gasteiger partial charge in [0.2, 0.25) is 0 Å². The van der Waals surface area contributed by atoms with Crippen LogP contribution in [0.1, 0.15) is 49.9 Å². The Bertz CT molecular complexity index is 1380. The minimum absolute atomic E-state index is 0.151. The molecule has 4 N–H and O–H groups in total. The van der Waals surface area contributed by atoms with Gasteiger partial charge in [-0.2, -0.15) is 0 Å². The van der Waals surface area contributed by atoms with Gasteiger partial charge in [-0.15, -0.1) is 11.6 Å². The van der Waals surface area contributed by atoms with Crippen LogP contribution in [0.2, 0.25) is 0 Å². The van der Waals surface area contributed by atoms with Crippen molar-refractivity contribution < 1.29 is 25.2 Å². The summed E-state index contributed by atoms with van der Waals surface area (Å²) in [5.41, 5.74) is 3.85. The van der Waals surface area contributed by atoms with Gasteiger partial charge >= 0.3 is 0 Å². The molecule has 5 rings (SSSR count). The van der Waals surface area contributed by atoms with Crippen LogP contribution in [-0.4, -0.2) is 39.0 Å². The number of halogens is 5. The maximum Gasteiger partial charge on any atom is 0.143 e. The summed E-state index contributed by atoms with van der Waals surface area (Å²) < 4.78 is 7.27. The van der Waals surface area contributed by atoms with Gasteiger partial charge < -0.3 is 25.2 Å². The second kappa shape index (κ2) is 15.0. The number of hydrogen-bond acceptors (Lipinski definition) is 5. The van der Waals surface area contributed by atoms with E-state index in [1.807, 2.05) is 48.5 Å². The topological polar surface area (TPSA) is 93.5 Å². The average molecular weight is 865 g/mol. The summed E-state index contributed by atoms with van der Waals surface area (Å²) in [4.78, 5) is 0. The molecule has 230 valence electrons. The third-order valence-electron chi connectivity index (χ3n) is 7.23.